The number of aromatic hydroxyl groups is 1. The van der Waals surface area contributed by atoms with Gasteiger partial charge in [0, 0.05) is 13.8 Å². The number of nitrogens with zero attached hydrogens (tertiary/aromatic N) is 2. The minimum Gasteiger partial charge on any atom is -0.508 e. The molecule has 0 spiro atoms. The lowest BCUT2D eigenvalue weighted by Gasteiger charge is -2.12. The predicted octanol–water partition coefficient (Wildman–Crippen LogP) is 1.48. The number of carboxylic acid groups (broad SMARTS) is 1. The summed E-state index contributed by atoms with van der Waals surface area (Å²) in [5.41, 5.74) is 2.25. The standard InChI is InChI=1S/C15H18N2O4/c1-9-10(2)17(21)15(16(9)3)13(8-14(19)20)11-4-6-12(18)7-5-11/h4-7,13H,8H2,1-3H3,(H2-,18,19,20,21)/p+1/t13-/m1/s1. The summed E-state index contributed by atoms with van der Waals surface area (Å²) in [5.74, 6) is -0.850. The third-order valence-electron chi connectivity index (χ3n) is 3.89. The molecule has 0 fully saturated rings. The molecule has 6 heteroatoms. The van der Waals surface area contributed by atoms with Gasteiger partial charge in [-0.15, -0.1) is 0 Å². The van der Waals surface area contributed by atoms with Crippen molar-refractivity contribution < 1.29 is 24.8 Å². The third-order valence-corrected chi connectivity index (χ3v) is 3.89. The van der Waals surface area contributed by atoms with Crippen LogP contribution >= 0.6 is 0 Å². The second-order valence-electron chi connectivity index (χ2n) is 5.14. The first-order valence-electron chi connectivity index (χ1n) is 6.60. The lowest BCUT2D eigenvalue weighted by molar-refractivity contribution is -0.686. The number of carbonyl (C=O) groups is 1. The average Bonchev–Trinajstić information content (AvgIpc) is 2.62. The number of aromatic nitrogens is 2. The smallest absolute Gasteiger partial charge is 0.304 e. The van der Waals surface area contributed by atoms with E-state index in [2.05, 4.69) is 0 Å². The van der Waals surface area contributed by atoms with Crippen molar-refractivity contribution in [2.45, 2.75) is 26.2 Å². The Kier molecular flexibility index (Phi) is 3.88. The minimum atomic E-state index is -0.954. The number of carboxylic acids is 1. The van der Waals surface area contributed by atoms with E-state index in [0.29, 0.717) is 11.5 Å². The average molecular weight is 291 g/mol. The summed E-state index contributed by atoms with van der Waals surface area (Å²) < 4.78 is 2.82. The predicted molar refractivity (Wildman–Crippen MR) is 74.5 cm³/mol. The molecule has 21 heavy (non-hydrogen) atoms. The van der Waals surface area contributed by atoms with Crippen molar-refractivity contribution in [3.05, 3.63) is 47.0 Å². The topological polar surface area (TPSA) is 86.6 Å². The van der Waals surface area contributed by atoms with E-state index in [9.17, 15) is 15.1 Å². The first-order valence-corrected chi connectivity index (χ1v) is 6.60. The van der Waals surface area contributed by atoms with E-state index in [1.54, 1.807) is 30.7 Å². The quantitative estimate of drug-likeness (QED) is 0.588. The van der Waals surface area contributed by atoms with Crippen LogP contribution < -0.4 is 4.57 Å². The monoisotopic (exact) mass is 291 g/mol. The second kappa shape index (κ2) is 5.47. The number of benzene rings is 1. The Morgan fingerprint density at radius 2 is 1.86 bits per heavy atom. The highest BCUT2D eigenvalue weighted by molar-refractivity contribution is 5.68. The van der Waals surface area contributed by atoms with Gasteiger partial charge in [0.05, 0.1) is 19.4 Å². The number of hydrogen-bond donors (Lipinski definition) is 3. The van der Waals surface area contributed by atoms with Crippen molar-refractivity contribution in [2.75, 3.05) is 0 Å². The molecule has 0 aliphatic heterocycles. The molecule has 0 radical (unpaired) electrons. The molecule has 0 aliphatic rings. The SMILES string of the molecule is Cc1c(C)[n+](C)c([C@H](CC(=O)O)c2ccc(O)cc2)n1O. The third kappa shape index (κ3) is 2.69. The summed E-state index contributed by atoms with van der Waals surface area (Å²) in [7, 11) is 1.79. The van der Waals surface area contributed by atoms with Crippen molar-refractivity contribution in [3.63, 3.8) is 0 Å². The molecular formula is C15H19N2O4+. The van der Waals surface area contributed by atoms with Crippen molar-refractivity contribution in [1.29, 1.82) is 0 Å². The van der Waals surface area contributed by atoms with E-state index in [1.807, 2.05) is 6.92 Å². The van der Waals surface area contributed by atoms with Crippen LogP contribution in [0.5, 0.6) is 5.75 Å². The maximum Gasteiger partial charge on any atom is 0.304 e. The van der Waals surface area contributed by atoms with Crippen LogP contribution in [0.25, 0.3) is 0 Å². The Bertz CT molecular complexity index is 648. The first kappa shape index (κ1) is 14.9. The Hall–Kier alpha value is -2.50. The molecule has 0 amide bonds. The zero-order valence-electron chi connectivity index (χ0n) is 12.2. The fourth-order valence-electron chi connectivity index (χ4n) is 2.50. The molecule has 0 saturated carbocycles. The molecule has 2 rings (SSSR count). The molecule has 0 bridgehead atoms. The molecule has 0 unspecified atom stereocenters. The summed E-state index contributed by atoms with van der Waals surface area (Å²) in [6, 6.07) is 6.35. The fourth-order valence-corrected chi connectivity index (χ4v) is 2.50. The number of imidazole rings is 1. The van der Waals surface area contributed by atoms with Gasteiger partial charge in [0.25, 0.3) is 0 Å². The van der Waals surface area contributed by atoms with Crippen LogP contribution in [-0.2, 0) is 11.8 Å². The molecule has 1 heterocycles. The molecule has 6 nitrogen and oxygen atoms in total. The van der Waals surface area contributed by atoms with Crippen molar-refractivity contribution >= 4 is 5.97 Å². The molecule has 0 saturated heterocycles. The highest BCUT2D eigenvalue weighted by Gasteiger charge is 2.33. The van der Waals surface area contributed by atoms with Crippen LogP contribution in [0.1, 0.15) is 35.1 Å². The van der Waals surface area contributed by atoms with Gasteiger partial charge in [0.1, 0.15) is 11.4 Å². The highest BCUT2D eigenvalue weighted by Crippen LogP contribution is 2.28. The van der Waals surface area contributed by atoms with Crippen LogP contribution in [-0.4, -0.2) is 26.1 Å². The van der Waals surface area contributed by atoms with Crippen LogP contribution in [0.2, 0.25) is 0 Å². The molecule has 3 N–H and O–H groups in total. The summed E-state index contributed by atoms with van der Waals surface area (Å²) in [4.78, 5) is 11.2. The zero-order chi connectivity index (χ0) is 15.7. The summed E-state index contributed by atoms with van der Waals surface area (Å²) in [6.07, 6.45) is -0.151. The zero-order valence-corrected chi connectivity index (χ0v) is 12.2. The summed E-state index contributed by atoms with van der Waals surface area (Å²) in [5, 5.41) is 28.8. The summed E-state index contributed by atoms with van der Waals surface area (Å²) >= 11 is 0. The van der Waals surface area contributed by atoms with E-state index in [4.69, 9.17) is 5.11 Å². The molecule has 1 aromatic carbocycles. The minimum absolute atomic E-state index is 0.115. The maximum atomic E-state index is 11.2. The van der Waals surface area contributed by atoms with E-state index in [-0.39, 0.29) is 12.2 Å². The number of phenols is 1. The number of rotatable bonds is 4. The Balaban J connectivity index is 2.58. The largest absolute Gasteiger partial charge is 0.508 e. The number of hydrogen-bond acceptors (Lipinski definition) is 3. The van der Waals surface area contributed by atoms with Crippen LogP contribution in [0.15, 0.2) is 24.3 Å². The van der Waals surface area contributed by atoms with Gasteiger partial charge in [-0.1, -0.05) is 12.1 Å². The Morgan fingerprint density at radius 1 is 1.29 bits per heavy atom. The molecule has 0 aliphatic carbocycles. The molecule has 1 aromatic heterocycles. The fraction of sp³-hybridized carbons (Fsp3) is 0.333. The summed E-state index contributed by atoms with van der Waals surface area (Å²) in [6.45, 7) is 3.63. The van der Waals surface area contributed by atoms with Crippen LogP contribution in [0.4, 0.5) is 0 Å². The molecule has 1 atom stereocenters. The maximum absolute atomic E-state index is 11.2. The second-order valence-corrected chi connectivity index (χ2v) is 5.14. The molecule has 112 valence electrons. The number of phenolic OH excluding ortho intramolecular Hbond substituents is 1. The molecular weight excluding hydrogens is 272 g/mol. The Labute approximate surface area is 122 Å². The van der Waals surface area contributed by atoms with E-state index in [0.717, 1.165) is 16.0 Å². The van der Waals surface area contributed by atoms with E-state index < -0.39 is 11.9 Å². The van der Waals surface area contributed by atoms with Gasteiger partial charge in [0.2, 0.25) is 0 Å². The van der Waals surface area contributed by atoms with Crippen molar-refractivity contribution in [2.24, 2.45) is 7.05 Å². The van der Waals surface area contributed by atoms with Crippen LogP contribution in [0, 0.1) is 13.8 Å². The van der Waals surface area contributed by atoms with Gasteiger partial charge in [0.15, 0.2) is 5.69 Å². The normalized spacial score (nSPS) is 12.3. The van der Waals surface area contributed by atoms with E-state index >= 15 is 0 Å². The lowest BCUT2D eigenvalue weighted by atomic mass is 9.94. The lowest BCUT2D eigenvalue weighted by Crippen LogP contribution is -2.37. The Morgan fingerprint density at radius 3 is 2.29 bits per heavy atom. The number of aliphatic carboxylic acids is 1. The molecule has 2 aromatic rings. The van der Waals surface area contributed by atoms with Gasteiger partial charge >= 0.3 is 11.8 Å². The van der Waals surface area contributed by atoms with Crippen molar-refractivity contribution in [3.8, 4) is 5.75 Å². The first-order chi connectivity index (χ1) is 9.82. The van der Waals surface area contributed by atoms with E-state index in [1.165, 1.54) is 12.1 Å². The highest BCUT2D eigenvalue weighted by atomic mass is 16.5. The van der Waals surface area contributed by atoms with Gasteiger partial charge < -0.3 is 15.4 Å². The van der Waals surface area contributed by atoms with Gasteiger partial charge in [-0.25, -0.2) is 4.57 Å². The van der Waals surface area contributed by atoms with Gasteiger partial charge in [-0.05, 0) is 22.4 Å². The van der Waals surface area contributed by atoms with Crippen molar-refractivity contribution in [1.82, 2.24) is 4.73 Å². The van der Waals surface area contributed by atoms with Gasteiger partial charge in [-0.2, -0.15) is 0 Å². The van der Waals surface area contributed by atoms with Gasteiger partial charge in [-0.3, -0.25) is 4.79 Å². The van der Waals surface area contributed by atoms with Crippen LogP contribution in [0.3, 0.4) is 0 Å².